The van der Waals surface area contributed by atoms with Crippen LogP contribution >= 0.6 is 0 Å². The molecule has 4 heterocycles. The van der Waals surface area contributed by atoms with Crippen LogP contribution in [0.15, 0.2) is 24.3 Å². The molecule has 25 heavy (non-hydrogen) atoms. The minimum atomic E-state index is 0.296. The molecule has 7 heteroatoms. The van der Waals surface area contributed by atoms with Gasteiger partial charge in [0.05, 0.1) is 44.7 Å². The minimum absolute atomic E-state index is 0.296. The van der Waals surface area contributed by atoms with Crippen LogP contribution in [0.3, 0.4) is 0 Å². The minimum Gasteiger partial charge on any atom is -0.491 e. The molecular weight excluding hydrogens is 324 g/mol. The van der Waals surface area contributed by atoms with E-state index < -0.39 is 0 Å². The number of anilines is 1. The molecule has 2 N–H and O–H groups in total. The third-order valence-corrected chi connectivity index (χ3v) is 4.36. The van der Waals surface area contributed by atoms with E-state index in [1.165, 1.54) is 5.69 Å². The quantitative estimate of drug-likeness (QED) is 0.645. The van der Waals surface area contributed by atoms with Gasteiger partial charge in [-0.2, -0.15) is 0 Å². The largest absolute Gasteiger partial charge is 0.491 e. The second-order valence-corrected chi connectivity index (χ2v) is 6.77. The zero-order valence-electron chi connectivity index (χ0n) is 14.3. The lowest BCUT2D eigenvalue weighted by molar-refractivity contribution is 0.263. The Bertz CT molecular complexity index is 525. The van der Waals surface area contributed by atoms with E-state index in [0.717, 1.165) is 45.3 Å². The molecule has 1 aromatic rings. The van der Waals surface area contributed by atoms with Gasteiger partial charge in [0.1, 0.15) is 18.5 Å². The van der Waals surface area contributed by atoms with Gasteiger partial charge in [-0.05, 0) is 24.3 Å². The van der Waals surface area contributed by atoms with Crippen molar-refractivity contribution < 1.29 is 23.7 Å². The van der Waals surface area contributed by atoms with E-state index in [1.807, 2.05) is 12.1 Å². The van der Waals surface area contributed by atoms with Crippen LogP contribution in [-0.4, -0.2) is 77.1 Å². The Labute approximate surface area is 147 Å². The topological polar surface area (TPSA) is 88.6 Å². The Morgan fingerprint density at radius 1 is 0.840 bits per heavy atom. The summed E-state index contributed by atoms with van der Waals surface area (Å²) in [6.07, 6.45) is 1.48. The van der Waals surface area contributed by atoms with Gasteiger partial charge in [0, 0.05) is 25.3 Å². The van der Waals surface area contributed by atoms with E-state index in [0.29, 0.717) is 37.6 Å². The van der Waals surface area contributed by atoms with E-state index in [9.17, 15) is 0 Å². The predicted molar refractivity (Wildman–Crippen MR) is 92.2 cm³/mol. The first-order chi connectivity index (χ1) is 12.3. The molecule has 7 nitrogen and oxygen atoms in total. The summed E-state index contributed by atoms with van der Waals surface area (Å²) in [5.41, 5.74) is 6.31. The van der Waals surface area contributed by atoms with Crippen LogP contribution in [0.4, 0.5) is 5.69 Å². The number of hydrogen-bond donors (Lipinski definition) is 1. The monoisotopic (exact) mass is 350 g/mol. The van der Waals surface area contributed by atoms with Gasteiger partial charge in [0.15, 0.2) is 0 Å². The second kappa shape index (κ2) is 7.88. The molecule has 4 atom stereocenters. The first-order valence-corrected chi connectivity index (χ1v) is 8.94. The third-order valence-electron chi connectivity index (χ3n) is 4.36. The molecule has 0 aromatic heterocycles. The van der Waals surface area contributed by atoms with Crippen LogP contribution in [-0.2, 0) is 18.9 Å². The summed E-state index contributed by atoms with van der Waals surface area (Å²) in [4.78, 5) is 2.34. The molecule has 1 aromatic carbocycles. The lowest BCUT2D eigenvalue weighted by Crippen LogP contribution is -2.31. The molecule has 138 valence electrons. The third kappa shape index (κ3) is 6.13. The molecule has 0 spiro atoms. The number of nitrogens with two attached hydrogens (primary N) is 1. The summed E-state index contributed by atoms with van der Waals surface area (Å²) in [5.74, 6) is 0.898. The van der Waals surface area contributed by atoms with Crippen LogP contribution in [0.25, 0.3) is 0 Å². The van der Waals surface area contributed by atoms with Gasteiger partial charge in [-0.25, -0.2) is 0 Å². The normalized spacial score (nSPS) is 30.8. The second-order valence-electron chi connectivity index (χ2n) is 6.77. The first-order valence-electron chi connectivity index (χ1n) is 8.94. The number of benzene rings is 1. The maximum absolute atomic E-state index is 5.66. The fourth-order valence-corrected chi connectivity index (χ4v) is 2.43. The summed E-state index contributed by atoms with van der Waals surface area (Å²) < 4.78 is 26.2. The zero-order chi connectivity index (χ0) is 17.1. The van der Waals surface area contributed by atoms with Crippen LogP contribution in [0, 0.1) is 0 Å². The summed E-state index contributed by atoms with van der Waals surface area (Å²) in [6, 6.07) is 8.25. The Hall–Kier alpha value is -1.38. The van der Waals surface area contributed by atoms with Crippen molar-refractivity contribution in [2.24, 2.45) is 5.73 Å². The van der Waals surface area contributed by atoms with Crippen LogP contribution in [0.5, 0.6) is 5.75 Å². The standard InChI is InChI=1S/C15H19NO4.C3H7NO/c1-3-12(17-9-15-10-20-15)4-2-11(1)16(5-13-7-18-13)6-14-8-19-14;4-1-3-2-5-3/h1-4,13-15H,5-10H2;3H,1-2,4H2. The van der Waals surface area contributed by atoms with Gasteiger partial charge in [-0.15, -0.1) is 0 Å². The molecule has 0 saturated carbocycles. The summed E-state index contributed by atoms with van der Waals surface area (Å²) in [7, 11) is 0. The van der Waals surface area contributed by atoms with E-state index in [-0.39, 0.29) is 0 Å². The summed E-state index contributed by atoms with van der Waals surface area (Å²) in [6.45, 7) is 6.70. The molecule has 4 unspecified atom stereocenters. The number of rotatable bonds is 9. The lowest BCUT2D eigenvalue weighted by atomic mass is 10.2. The van der Waals surface area contributed by atoms with E-state index in [4.69, 9.17) is 29.4 Å². The number of epoxide rings is 4. The highest BCUT2D eigenvalue weighted by Crippen LogP contribution is 2.25. The molecule has 0 radical (unpaired) electrons. The predicted octanol–water partition coefficient (Wildman–Crippen LogP) is 0.412. The van der Waals surface area contributed by atoms with Gasteiger partial charge in [0.2, 0.25) is 0 Å². The Morgan fingerprint density at radius 3 is 1.76 bits per heavy atom. The molecule has 4 saturated heterocycles. The van der Waals surface area contributed by atoms with Crippen molar-refractivity contribution in [3.63, 3.8) is 0 Å². The SMILES string of the molecule is NCC1CO1.c1cc(N(CC2CO2)CC2CO2)ccc1OCC1CO1. The Kier molecular flexibility index (Phi) is 5.38. The van der Waals surface area contributed by atoms with E-state index in [1.54, 1.807) is 0 Å². The molecule has 0 aliphatic carbocycles. The fourth-order valence-electron chi connectivity index (χ4n) is 2.43. The van der Waals surface area contributed by atoms with Crippen molar-refractivity contribution in [1.82, 2.24) is 0 Å². The Balaban J connectivity index is 0.000000272. The smallest absolute Gasteiger partial charge is 0.119 e. The van der Waals surface area contributed by atoms with Crippen molar-refractivity contribution in [1.29, 1.82) is 0 Å². The fraction of sp³-hybridized carbons (Fsp3) is 0.667. The number of hydrogen-bond acceptors (Lipinski definition) is 7. The molecule has 5 rings (SSSR count). The Morgan fingerprint density at radius 2 is 1.36 bits per heavy atom. The molecule has 4 aliphatic rings. The summed E-state index contributed by atoms with van der Waals surface area (Å²) in [5, 5.41) is 0. The van der Waals surface area contributed by atoms with Crippen molar-refractivity contribution in [2.45, 2.75) is 24.4 Å². The number of ether oxygens (including phenoxy) is 5. The van der Waals surface area contributed by atoms with Crippen LogP contribution < -0.4 is 15.4 Å². The van der Waals surface area contributed by atoms with Gasteiger partial charge < -0.3 is 34.3 Å². The van der Waals surface area contributed by atoms with E-state index >= 15 is 0 Å². The summed E-state index contributed by atoms with van der Waals surface area (Å²) >= 11 is 0. The first kappa shape index (κ1) is 17.1. The van der Waals surface area contributed by atoms with Crippen LogP contribution in [0.2, 0.25) is 0 Å². The van der Waals surface area contributed by atoms with Crippen LogP contribution in [0.1, 0.15) is 0 Å². The van der Waals surface area contributed by atoms with Gasteiger partial charge in [-0.1, -0.05) is 0 Å². The van der Waals surface area contributed by atoms with Gasteiger partial charge in [0.25, 0.3) is 0 Å². The molecular formula is C18H26N2O5. The average Bonchev–Trinajstić information content (AvgIpc) is 3.50. The molecule has 0 bridgehead atoms. The zero-order valence-corrected chi connectivity index (χ0v) is 14.3. The van der Waals surface area contributed by atoms with Gasteiger partial charge >= 0.3 is 0 Å². The van der Waals surface area contributed by atoms with Gasteiger partial charge in [-0.3, -0.25) is 0 Å². The van der Waals surface area contributed by atoms with Crippen molar-refractivity contribution in [3.05, 3.63) is 24.3 Å². The average molecular weight is 350 g/mol. The van der Waals surface area contributed by atoms with E-state index in [2.05, 4.69) is 17.0 Å². The maximum Gasteiger partial charge on any atom is 0.119 e. The molecule has 4 aliphatic heterocycles. The highest BCUT2D eigenvalue weighted by Gasteiger charge is 2.31. The van der Waals surface area contributed by atoms with Crippen molar-refractivity contribution >= 4 is 5.69 Å². The highest BCUT2D eigenvalue weighted by atomic mass is 16.6. The molecule has 0 amide bonds. The van der Waals surface area contributed by atoms with Crippen molar-refractivity contribution in [2.75, 3.05) is 57.6 Å². The number of nitrogens with zero attached hydrogens (tertiary/aromatic N) is 1. The molecule has 4 fully saturated rings. The maximum atomic E-state index is 5.66. The van der Waals surface area contributed by atoms with Crippen molar-refractivity contribution in [3.8, 4) is 5.75 Å². The highest BCUT2D eigenvalue weighted by molar-refractivity contribution is 5.49. The lowest BCUT2D eigenvalue weighted by Gasteiger charge is -2.23.